The minimum atomic E-state index is -1.33. The van der Waals surface area contributed by atoms with Crippen molar-refractivity contribution in [3.63, 3.8) is 0 Å². The van der Waals surface area contributed by atoms with Crippen LogP contribution in [0.25, 0.3) is 10.9 Å². The molecule has 0 unspecified atom stereocenters. The van der Waals surface area contributed by atoms with Crippen LogP contribution in [0.5, 0.6) is 0 Å². The molecule has 0 saturated heterocycles. The predicted molar refractivity (Wildman–Crippen MR) is 282 cm³/mol. The van der Waals surface area contributed by atoms with E-state index in [-0.39, 0.29) is 57.5 Å². The van der Waals surface area contributed by atoms with Gasteiger partial charge in [0.15, 0.2) is 5.96 Å². The number of nitrogens with two attached hydrogens (primary N) is 4. The standard InChI is InChI=1S/C51H75N15O9/c1-4-5-17-38(62-44(68)35(53)25-33-27-56-29-60-33)47(71)63-39(20-13-22-57-51(54)55)48(72)65-41(24-32-26-58-36-18-10-9-16-34(32)36)45(69)59-28-42(67)61-37(19-11-12-21-52)46(70)64-40(23-31-14-7-6-8-15-31)49(73)66-43(30(2)3)50(74)75/h6-10,14-16,18,26-27,29-30,35,37-41,43,58H,4-5,11-13,17,19-25,28,52-53H2,1-3H3,(H,56,60)(H,59,69)(H,61,67)(H,62,68)(H,63,71)(H,64,70)(H,65,72)(H,66,73)(H,74,75)(H4,54,55,57)/t35-,37-,38+,39-,40-,41-,43-/m0/s1. The van der Waals surface area contributed by atoms with Gasteiger partial charge in [0.2, 0.25) is 41.4 Å². The van der Waals surface area contributed by atoms with Crippen molar-refractivity contribution in [2.24, 2.45) is 33.8 Å². The zero-order valence-electron chi connectivity index (χ0n) is 42.9. The molecular weight excluding hydrogens is 967 g/mol. The maximum atomic E-state index is 14.4. The third-order valence-electron chi connectivity index (χ3n) is 12.3. The lowest BCUT2D eigenvalue weighted by molar-refractivity contribution is -0.143. The van der Waals surface area contributed by atoms with E-state index in [4.69, 9.17) is 22.9 Å². The number of aromatic amines is 2. The fraction of sp³-hybridized carbons (Fsp3) is 0.490. The fourth-order valence-electron chi connectivity index (χ4n) is 8.12. The Morgan fingerprint density at radius 3 is 1.87 bits per heavy atom. The summed E-state index contributed by atoms with van der Waals surface area (Å²) in [5, 5.41) is 29.3. The molecule has 24 nitrogen and oxygen atoms in total. The molecule has 75 heavy (non-hydrogen) atoms. The Kier molecular flexibility index (Phi) is 24.7. The topological polar surface area (TPSA) is 402 Å². The van der Waals surface area contributed by atoms with E-state index in [9.17, 15) is 43.5 Å². The summed E-state index contributed by atoms with van der Waals surface area (Å²) in [5.74, 6) is -6.95. The Hall–Kier alpha value is -7.86. The molecule has 18 N–H and O–H groups in total. The number of nitrogens with zero attached hydrogens (tertiary/aromatic N) is 2. The second-order valence-corrected chi connectivity index (χ2v) is 18.7. The van der Waals surface area contributed by atoms with Crippen molar-refractivity contribution in [1.29, 1.82) is 0 Å². The Morgan fingerprint density at radius 1 is 0.667 bits per heavy atom. The first-order chi connectivity index (χ1) is 35.9. The molecule has 4 aromatic rings. The van der Waals surface area contributed by atoms with Gasteiger partial charge in [-0.3, -0.25) is 38.6 Å². The van der Waals surface area contributed by atoms with Crippen LogP contribution in [0.1, 0.15) is 89.0 Å². The average Bonchev–Trinajstić information content (AvgIpc) is 4.06. The number of imidazole rings is 1. The molecular formula is C51H75N15O9. The molecule has 2 aromatic heterocycles. The second-order valence-electron chi connectivity index (χ2n) is 18.7. The van der Waals surface area contributed by atoms with Crippen molar-refractivity contribution >= 4 is 64.2 Å². The Morgan fingerprint density at radius 2 is 1.25 bits per heavy atom. The van der Waals surface area contributed by atoms with Gasteiger partial charge >= 0.3 is 5.97 Å². The summed E-state index contributed by atoms with van der Waals surface area (Å²) in [4.78, 5) is 123. The maximum absolute atomic E-state index is 14.4. The van der Waals surface area contributed by atoms with Crippen LogP contribution >= 0.6 is 0 Å². The second kappa shape index (κ2) is 31.0. The van der Waals surface area contributed by atoms with Crippen molar-refractivity contribution in [3.8, 4) is 0 Å². The SMILES string of the molecule is CCCC[C@@H](NC(=O)[C@@H](N)Cc1cnc[nH]1)C(=O)N[C@@H](CCCN=C(N)N)C(=O)N[C@@H](Cc1c[nH]c2ccccc12)C(=O)NCC(=O)N[C@@H](CCCCN)C(=O)N[C@@H](Cc1ccccc1)C(=O)N[C@H](C(=O)O)C(C)C. The summed E-state index contributed by atoms with van der Waals surface area (Å²) in [5.41, 5.74) is 25.7. The van der Waals surface area contributed by atoms with E-state index in [0.717, 1.165) is 10.9 Å². The summed E-state index contributed by atoms with van der Waals surface area (Å²) >= 11 is 0. The lowest BCUT2D eigenvalue weighted by atomic mass is 10.0. The van der Waals surface area contributed by atoms with Crippen LogP contribution in [0, 0.1) is 5.92 Å². The lowest BCUT2D eigenvalue weighted by Crippen LogP contribution is -2.59. The van der Waals surface area contributed by atoms with Crippen molar-refractivity contribution in [2.45, 2.75) is 134 Å². The van der Waals surface area contributed by atoms with E-state index in [1.165, 1.54) is 12.5 Å². The summed E-state index contributed by atoms with van der Waals surface area (Å²) < 4.78 is 0. The number of H-pyrrole nitrogens is 2. The number of hydrogen-bond donors (Lipinski definition) is 14. The molecule has 2 aromatic carbocycles. The summed E-state index contributed by atoms with van der Waals surface area (Å²) in [6.07, 6.45) is 7.43. The number of benzene rings is 2. The highest BCUT2D eigenvalue weighted by atomic mass is 16.4. The molecule has 4 rings (SSSR count). The Bertz CT molecular complexity index is 2510. The number of aliphatic imine (C=N–C) groups is 1. The number of nitrogens with one attached hydrogen (secondary N) is 9. The molecule has 0 fully saturated rings. The largest absolute Gasteiger partial charge is 0.480 e. The van der Waals surface area contributed by atoms with Crippen molar-refractivity contribution in [1.82, 2.24) is 52.2 Å². The minimum absolute atomic E-state index is 0.00468. The third kappa shape index (κ3) is 20.2. The first-order valence-electron chi connectivity index (χ1n) is 25.3. The van der Waals surface area contributed by atoms with Gasteiger partial charge in [0, 0.05) is 54.8 Å². The van der Waals surface area contributed by atoms with E-state index in [1.807, 2.05) is 31.2 Å². The van der Waals surface area contributed by atoms with Gasteiger partial charge in [0.1, 0.15) is 36.3 Å². The molecule has 24 heteroatoms. The number of carboxylic acid groups (broad SMARTS) is 1. The van der Waals surface area contributed by atoms with Gasteiger partial charge in [-0.2, -0.15) is 0 Å². The molecule has 0 aliphatic carbocycles. The highest BCUT2D eigenvalue weighted by molar-refractivity contribution is 5.97. The van der Waals surface area contributed by atoms with Crippen molar-refractivity contribution < 1.29 is 43.5 Å². The molecule has 0 aliphatic rings. The molecule has 0 saturated carbocycles. The van der Waals surface area contributed by atoms with Crippen LogP contribution < -0.4 is 60.2 Å². The highest BCUT2D eigenvalue weighted by Gasteiger charge is 2.33. The monoisotopic (exact) mass is 1040 g/mol. The van der Waals surface area contributed by atoms with Gasteiger partial charge in [0.25, 0.3) is 0 Å². The maximum Gasteiger partial charge on any atom is 0.326 e. The van der Waals surface area contributed by atoms with Crippen molar-refractivity contribution in [3.05, 3.63) is 90.1 Å². The van der Waals surface area contributed by atoms with E-state index in [1.54, 1.807) is 50.4 Å². The van der Waals surface area contributed by atoms with Crippen molar-refractivity contribution in [2.75, 3.05) is 19.6 Å². The number of unbranched alkanes of at least 4 members (excludes halogenated alkanes) is 2. The number of amides is 7. The number of carbonyl (C=O) groups excluding carboxylic acids is 7. The molecule has 408 valence electrons. The molecule has 7 amide bonds. The van der Waals surface area contributed by atoms with E-state index in [0.29, 0.717) is 49.0 Å². The highest BCUT2D eigenvalue weighted by Crippen LogP contribution is 2.20. The van der Waals surface area contributed by atoms with Gasteiger partial charge in [0.05, 0.1) is 18.9 Å². The zero-order chi connectivity index (χ0) is 54.9. The predicted octanol–water partition coefficient (Wildman–Crippen LogP) is -0.615. The number of aromatic nitrogens is 3. The zero-order valence-corrected chi connectivity index (χ0v) is 42.9. The van der Waals surface area contributed by atoms with Crippen LogP contribution in [0.2, 0.25) is 0 Å². The quantitative estimate of drug-likeness (QED) is 0.0161. The van der Waals surface area contributed by atoms with Gasteiger partial charge in [-0.1, -0.05) is 82.1 Å². The Balaban J connectivity index is 1.56. The summed E-state index contributed by atoms with van der Waals surface area (Å²) in [6, 6.07) is 7.72. The normalized spacial score (nSPS) is 13.9. The summed E-state index contributed by atoms with van der Waals surface area (Å²) in [6.45, 7) is 4.94. The molecule has 0 radical (unpaired) electrons. The number of fused-ring (bicyclic) bond motifs is 1. The summed E-state index contributed by atoms with van der Waals surface area (Å²) in [7, 11) is 0. The number of aliphatic carboxylic acids is 1. The van der Waals surface area contributed by atoms with Crippen LogP contribution in [0.4, 0.5) is 0 Å². The van der Waals surface area contributed by atoms with Crippen LogP contribution in [-0.2, 0) is 57.6 Å². The van der Waals surface area contributed by atoms with Gasteiger partial charge < -0.3 is 75.2 Å². The number of carboxylic acids is 1. The smallest absolute Gasteiger partial charge is 0.326 e. The number of guanidine groups is 1. The number of hydrogen-bond acceptors (Lipinski definition) is 12. The first kappa shape index (κ1) is 59.7. The Labute approximate surface area is 435 Å². The molecule has 7 atom stereocenters. The average molecular weight is 1040 g/mol. The molecule has 0 spiro atoms. The third-order valence-corrected chi connectivity index (χ3v) is 12.3. The number of rotatable bonds is 33. The first-order valence-corrected chi connectivity index (χ1v) is 25.3. The van der Waals surface area contributed by atoms with Gasteiger partial charge in [-0.05, 0) is 68.2 Å². The van der Waals surface area contributed by atoms with Gasteiger partial charge in [-0.25, -0.2) is 9.78 Å². The van der Waals surface area contributed by atoms with E-state index >= 15 is 0 Å². The lowest BCUT2D eigenvalue weighted by Gasteiger charge is -2.26. The fourth-order valence-corrected chi connectivity index (χ4v) is 8.12. The number of carbonyl (C=O) groups is 8. The molecule has 0 bridgehead atoms. The molecule has 0 aliphatic heterocycles. The van der Waals surface area contributed by atoms with Gasteiger partial charge in [-0.15, -0.1) is 0 Å². The minimum Gasteiger partial charge on any atom is -0.480 e. The molecule has 2 heterocycles. The van der Waals surface area contributed by atoms with E-state index < -0.39 is 102 Å². The van der Waals surface area contributed by atoms with E-state index in [2.05, 4.69) is 57.2 Å². The van der Waals surface area contributed by atoms with Crippen LogP contribution in [0.3, 0.4) is 0 Å². The number of para-hydroxylation sites is 1. The van der Waals surface area contributed by atoms with Crippen LogP contribution in [-0.4, -0.2) is 135 Å². The van der Waals surface area contributed by atoms with Crippen LogP contribution in [0.15, 0.2) is 78.3 Å².